The quantitative estimate of drug-likeness (QED) is 0.298. The Morgan fingerprint density at radius 2 is 1.03 bits per heavy atom. The Morgan fingerprint density at radius 3 is 1.29 bits per heavy atom. The zero-order valence-electron chi connectivity index (χ0n) is 14.3. The van der Waals surface area contributed by atoms with Gasteiger partial charge < -0.3 is 9.84 Å². The van der Waals surface area contributed by atoms with E-state index >= 15 is 0 Å². The van der Waals surface area contributed by atoms with Crippen molar-refractivity contribution in [3.8, 4) is 0 Å². The number of carbonyl (C=O) groups is 1. The van der Waals surface area contributed by atoms with E-state index in [2.05, 4.69) is 4.74 Å². The van der Waals surface area contributed by atoms with Crippen LogP contribution in [0.2, 0.25) is 0 Å². The summed E-state index contributed by atoms with van der Waals surface area (Å²) in [5.74, 6) is -3.33. The number of carbonyl (C=O) groups excluding carboxylic acids is 1. The summed E-state index contributed by atoms with van der Waals surface area (Å²) in [5, 5.41) is 8.78. The minimum Gasteiger partial charge on any atom is -0.436 e. The van der Waals surface area contributed by atoms with E-state index in [4.69, 9.17) is 5.11 Å². The molecule has 0 aliphatic heterocycles. The molecule has 0 aromatic carbocycles. The first-order valence-electron chi connectivity index (χ1n) is 7.23. The van der Waals surface area contributed by atoms with Crippen LogP contribution in [0.25, 0.3) is 0 Å². The van der Waals surface area contributed by atoms with Crippen LogP contribution in [0.5, 0.6) is 0 Å². The molecule has 0 aliphatic rings. The van der Waals surface area contributed by atoms with E-state index in [-0.39, 0.29) is 0 Å². The number of esters is 1. The topological polar surface area (TPSA) is 46.5 Å². The fraction of sp³-hybridized carbons (Fsp3) is 0.769. The first kappa shape index (κ1) is 29.1. The third-order valence-electron chi connectivity index (χ3n) is 3.78. The summed E-state index contributed by atoms with van der Waals surface area (Å²) in [6.45, 7) is 1.89. The Morgan fingerprint density at radius 1 is 0.677 bits per heavy atom. The van der Waals surface area contributed by atoms with E-state index in [1.54, 1.807) is 0 Å². The minimum absolute atomic E-state index is 1.89. The summed E-state index contributed by atoms with van der Waals surface area (Å²) in [6.07, 6.45) is -41.0. The maximum atomic E-state index is 13.1. The second kappa shape index (κ2) is 8.23. The van der Waals surface area contributed by atoms with Crippen LogP contribution in [0.3, 0.4) is 0 Å². The van der Waals surface area contributed by atoms with Crippen LogP contribution < -0.4 is 0 Å². The van der Waals surface area contributed by atoms with Gasteiger partial charge in [-0.15, -0.1) is 0 Å². The lowest BCUT2D eigenvalue weighted by atomic mass is 9.88. The lowest BCUT2D eigenvalue weighted by Gasteiger charge is -2.38. The van der Waals surface area contributed by atoms with Crippen molar-refractivity contribution in [3.05, 3.63) is 12.2 Å². The van der Waals surface area contributed by atoms with Gasteiger partial charge in [-0.05, 0) is 12.8 Å². The maximum absolute atomic E-state index is 13.1. The van der Waals surface area contributed by atoms with Gasteiger partial charge in [-0.1, -0.05) is 6.58 Å². The average molecular weight is 498 g/mol. The van der Waals surface area contributed by atoms with E-state index < -0.39 is 72.9 Å². The smallest absolute Gasteiger partial charge is 0.436 e. The summed E-state index contributed by atoms with van der Waals surface area (Å²) >= 11 is 0. The number of hydrogen-bond donors (Lipinski definition) is 1. The van der Waals surface area contributed by atoms with Crippen LogP contribution in [-0.2, 0) is 9.53 Å². The number of rotatable bonds is 6. The van der Waals surface area contributed by atoms with Crippen molar-refractivity contribution in [2.75, 3.05) is 0 Å². The standard InChI is InChI=1S/C13H9F15O3/c1-5(9(14,15)16)6(29)31-8(12(23,24)25,13(26,27)28)4-2-3-7(30,10(17,18)19)11(20,21)22/h30H,1-4H2. The van der Waals surface area contributed by atoms with Crippen molar-refractivity contribution >= 4 is 5.97 Å². The SMILES string of the molecule is C=C(C(=O)OC(CCCC(O)(C(F)(F)F)C(F)(F)F)(C(F)(F)F)C(F)(F)F)C(F)(F)F. The summed E-state index contributed by atoms with van der Waals surface area (Å²) in [4.78, 5) is 11.1. The number of aliphatic hydroxyl groups is 1. The first-order chi connectivity index (χ1) is 13.2. The molecule has 0 rings (SSSR count). The van der Waals surface area contributed by atoms with E-state index in [0.29, 0.717) is 0 Å². The van der Waals surface area contributed by atoms with Gasteiger partial charge >= 0.3 is 42.5 Å². The molecule has 0 bridgehead atoms. The summed E-state index contributed by atoms with van der Waals surface area (Å²) < 4.78 is 193. The van der Waals surface area contributed by atoms with Crippen molar-refractivity contribution in [1.82, 2.24) is 0 Å². The molecule has 0 unspecified atom stereocenters. The highest BCUT2D eigenvalue weighted by Crippen LogP contribution is 2.52. The van der Waals surface area contributed by atoms with E-state index in [9.17, 15) is 70.7 Å². The monoisotopic (exact) mass is 498 g/mol. The van der Waals surface area contributed by atoms with E-state index in [0.717, 1.165) is 0 Å². The Hall–Kier alpha value is -1.88. The number of hydrogen-bond acceptors (Lipinski definition) is 3. The molecule has 0 saturated carbocycles. The van der Waals surface area contributed by atoms with Gasteiger partial charge in [0.05, 0.1) is 0 Å². The molecule has 1 N–H and O–H groups in total. The average Bonchev–Trinajstić information content (AvgIpc) is 2.47. The van der Waals surface area contributed by atoms with Crippen molar-refractivity contribution in [2.24, 2.45) is 0 Å². The summed E-state index contributed by atoms with van der Waals surface area (Å²) in [5.41, 5.74) is -14.6. The van der Waals surface area contributed by atoms with Crippen LogP contribution in [0.1, 0.15) is 19.3 Å². The number of ether oxygens (including phenoxy) is 1. The highest BCUT2D eigenvalue weighted by atomic mass is 19.4. The van der Waals surface area contributed by atoms with Gasteiger partial charge in [0.1, 0.15) is 5.57 Å². The van der Waals surface area contributed by atoms with Crippen molar-refractivity contribution in [3.63, 3.8) is 0 Å². The predicted octanol–water partition coefficient (Wildman–Crippen LogP) is 5.54. The highest BCUT2D eigenvalue weighted by Gasteiger charge is 2.75. The van der Waals surface area contributed by atoms with Crippen LogP contribution in [0.4, 0.5) is 65.9 Å². The Kier molecular flexibility index (Phi) is 7.73. The van der Waals surface area contributed by atoms with Crippen LogP contribution >= 0.6 is 0 Å². The van der Waals surface area contributed by atoms with Crippen LogP contribution in [0.15, 0.2) is 12.2 Å². The van der Waals surface area contributed by atoms with Gasteiger partial charge in [-0.25, -0.2) is 4.79 Å². The van der Waals surface area contributed by atoms with Gasteiger partial charge in [0.15, 0.2) is 0 Å². The molecule has 0 aliphatic carbocycles. The zero-order chi connectivity index (χ0) is 25.5. The van der Waals surface area contributed by atoms with Crippen molar-refractivity contribution < 1.29 is 80.5 Å². The molecule has 0 saturated heterocycles. The molecular formula is C13H9F15O3. The summed E-state index contributed by atoms with van der Waals surface area (Å²) in [6, 6.07) is 0. The maximum Gasteiger partial charge on any atom is 0.437 e. The molecule has 3 nitrogen and oxygen atoms in total. The molecule has 0 heterocycles. The predicted molar refractivity (Wildman–Crippen MR) is 67.0 cm³/mol. The number of halogens is 15. The molecular weight excluding hydrogens is 489 g/mol. The van der Waals surface area contributed by atoms with Gasteiger partial charge in [0.25, 0.3) is 5.60 Å². The van der Waals surface area contributed by atoms with Gasteiger partial charge in [-0.3, -0.25) is 0 Å². The second-order valence-corrected chi connectivity index (χ2v) is 5.90. The van der Waals surface area contributed by atoms with Crippen LogP contribution in [0, 0.1) is 0 Å². The second-order valence-electron chi connectivity index (χ2n) is 5.90. The van der Waals surface area contributed by atoms with Crippen molar-refractivity contribution in [2.45, 2.75) is 61.3 Å². The molecule has 31 heavy (non-hydrogen) atoms. The Bertz CT molecular complexity index is 634. The fourth-order valence-corrected chi connectivity index (χ4v) is 1.98. The molecule has 0 atom stereocenters. The first-order valence-corrected chi connectivity index (χ1v) is 7.23. The third kappa shape index (κ3) is 5.88. The van der Waals surface area contributed by atoms with Crippen molar-refractivity contribution in [1.29, 1.82) is 0 Å². The number of alkyl halides is 15. The van der Waals surface area contributed by atoms with Gasteiger partial charge in [0.2, 0.25) is 0 Å². The fourth-order valence-electron chi connectivity index (χ4n) is 1.98. The van der Waals surface area contributed by atoms with E-state index in [1.807, 2.05) is 6.58 Å². The molecule has 0 aromatic heterocycles. The van der Waals surface area contributed by atoms with Crippen LogP contribution in [-0.4, -0.2) is 53.2 Å². The molecule has 0 aromatic rings. The molecule has 0 fully saturated rings. The summed E-state index contributed by atoms with van der Waals surface area (Å²) in [7, 11) is 0. The Labute approximate surface area is 161 Å². The lowest BCUT2D eigenvalue weighted by Crippen LogP contribution is -2.61. The lowest BCUT2D eigenvalue weighted by molar-refractivity contribution is -0.379. The highest BCUT2D eigenvalue weighted by molar-refractivity contribution is 5.89. The largest absolute Gasteiger partial charge is 0.437 e. The molecule has 0 spiro atoms. The third-order valence-corrected chi connectivity index (χ3v) is 3.78. The molecule has 18 heteroatoms. The van der Waals surface area contributed by atoms with Gasteiger partial charge in [-0.2, -0.15) is 65.9 Å². The van der Waals surface area contributed by atoms with Gasteiger partial charge in [0, 0.05) is 6.42 Å². The molecule has 0 amide bonds. The molecule has 0 radical (unpaired) electrons. The minimum atomic E-state index is -6.85. The molecule has 184 valence electrons. The van der Waals surface area contributed by atoms with E-state index in [1.165, 1.54) is 0 Å². The normalized spacial score (nSPS) is 15.1. The zero-order valence-corrected chi connectivity index (χ0v) is 14.3. The Balaban J connectivity index is 6.18.